The highest BCUT2D eigenvalue weighted by Gasteiger charge is 2.21. The predicted octanol–water partition coefficient (Wildman–Crippen LogP) is 4.49. The van der Waals surface area contributed by atoms with Gasteiger partial charge in [0.2, 0.25) is 0 Å². The van der Waals surface area contributed by atoms with E-state index in [1.54, 1.807) is 0 Å². The van der Waals surface area contributed by atoms with Crippen molar-refractivity contribution in [2.75, 3.05) is 6.61 Å². The number of hydrogen-bond acceptors (Lipinski definition) is 1. The molecule has 0 unspecified atom stereocenters. The summed E-state index contributed by atoms with van der Waals surface area (Å²) in [5.74, 6) is 0. The third-order valence-electron chi connectivity index (χ3n) is 2.33. The molecule has 0 aromatic heterocycles. The Kier molecular flexibility index (Phi) is 6.50. The topological polar surface area (TPSA) is 9.23 Å². The molecule has 0 radical (unpaired) electrons. The molecule has 0 spiro atoms. The van der Waals surface area contributed by atoms with Gasteiger partial charge in [-0.25, -0.2) is 0 Å². The fourth-order valence-corrected chi connectivity index (χ4v) is 1.45. The van der Waals surface area contributed by atoms with E-state index < -0.39 is 6.18 Å². The van der Waals surface area contributed by atoms with E-state index in [0.717, 1.165) is 18.1 Å². The average Bonchev–Trinajstić information content (AvgIpc) is 2.32. The molecule has 0 amide bonds. The second-order valence-corrected chi connectivity index (χ2v) is 3.98. The highest BCUT2D eigenvalue weighted by molar-refractivity contribution is 5.13. The van der Waals surface area contributed by atoms with Gasteiger partial charge in [-0.2, -0.15) is 13.2 Å². The third kappa shape index (κ3) is 7.90. The summed E-state index contributed by atoms with van der Waals surface area (Å²) in [5.41, 5.74) is 1.11. The molecule has 0 atom stereocenters. The van der Waals surface area contributed by atoms with Crippen LogP contribution >= 0.6 is 0 Å². The summed E-state index contributed by atoms with van der Waals surface area (Å²) in [5, 5.41) is 0. The molecule has 1 aromatic rings. The van der Waals surface area contributed by atoms with Gasteiger partial charge in [-0.3, -0.25) is 0 Å². The van der Waals surface area contributed by atoms with Gasteiger partial charge in [0.25, 0.3) is 0 Å². The van der Waals surface area contributed by atoms with Crippen LogP contribution in [0.15, 0.2) is 42.5 Å². The molecule has 0 saturated heterocycles. The number of allylic oxidation sites excluding steroid dienone is 2. The SMILES string of the molecule is FC(F)(F)/C=C/CCCCOCc1ccccc1. The highest BCUT2D eigenvalue weighted by Crippen LogP contribution is 2.16. The zero-order valence-corrected chi connectivity index (χ0v) is 10.1. The normalized spacial score (nSPS) is 12.2. The second-order valence-electron chi connectivity index (χ2n) is 3.98. The number of hydrogen-bond donors (Lipinski definition) is 0. The lowest BCUT2D eigenvalue weighted by atomic mass is 10.2. The van der Waals surface area contributed by atoms with Crippen molar-refractivity contribution in [3.8, 4) is 0 Å². The van der Waals surface area contributed by atoms with Gasteiger partial charge >= 0.3 is 6.18 Å². The second kappa shape index (κ2) is 7.93. The van der Waals surface area contributed by atoms with Crippen LogP contribution < -0.4 is 0 Å². The molecular formula is C14H17F3O. The smallest absolute Gasteiger partial charge is 0.377 e. The summed E-state index contributed by atoms with van der Waals surface area (Å²) in [6, 6.07) is 9.79. The van der Waals surface area contributed by atoms with Crippen molar-refractivity contribution in [2.45, 2.75) is 32.0 Å². The average molecular weight is 258 g/mol. The fraction of sp³-hybridized carbons (Fsp3) is 0.429. The summed E-state index contributed by atoms with van der Waals surface area (Å²) in [6.45, 7) is 1.13. The molecule has 0 heterocycles. The Morgan fingerprint density at radius 1 is 1.06 bits per heavy atom. The lowest BCUT2D eigenvalue weighted by Crippen LogP contribution is -2.00. The van der Waals surface area contributed by atoms with Crippen molar-refractivity contribution in [3.05, 3.63) is 48.0 Å². The summed E-state index contributed by atoms with van der Waals surface area (Å²) in [4.78, 5) is 0. The maximum absolute atomic E-state index is 11.8. The first-order valence-corrected chi connectivity index (χ1v) is 5.94. The molecule has 0 aliphatic carbocycles. The van der Waals surface area contributed by atoms with Gasteiger partial charge in [-0.1, -0.05) is 36.4 Å². The third-order valence-corrected chi connectivity index (χ3v) is 2.33. The Labute approximate surface area is 105 Å². The van der Waals surface area contributed by atoms with Crippen LogP contribution in [0.4, 0.5) is 13.2 Å². The number of ether oxygens (including phenoxy) is 1. The first-order chi connectivity index (χ1) is 8.58. The quantitative estimate of drug-likeness (QED) is 0.517. The minimum absolute atomic E-state index is 0.290. The van der Waals surface area contributed by atoms with Crippen LogP contribution in [-0.2, 0) is 11.3 Å². The Morgan fingerprint density at radius 2 is 1.78 bits per heavy atom. The summed E-state index contributed by atoms with van der Waals surface area (Å²) in [6.07, 6.45) is -0.816. The van der Waals surface area contributed by atoms with Crippen molar-refractivity contribution in [3.63, 3.8) is 0 Å². The lowest BCUT2D eigenvalue weighted by molar-refractivity contribution is -0.0800. The monoisotopic (exact) mass is 258 g/mol. The minimum Gasteiger partial charge on any atom is -0.377 e. The number of unbranched alkanes of at least 4 members (excludes halogenated alkanes) is 2. The van der Waals surface area contributed by atoms with Crippen LogP contribution in [0, 0.1) is 0 Å². The zero-order valence-electron chi connectivity index (χ0n) is 10.1. The Balaban J connectivity index is 1.98. The Bertz CT molecular complexity index is 344. The van der Waals surface area contributed by atoms with Gasteiger partial charge in [0.1, 0.15) is 0 Å². The van der Waals surface area contributed by atoms with Crippen LogP contribution in [0.5, 0.6) is 0 Å². The molecule has 0 bridgehead atoms. The van der Waals surface area contributed by atoms with Gasteiger partial charge < -0.3 is 4.74 Å². The molecule has 18 heavy (non-hydrogen) atoms. The number of alkyl halides is 3. The van der Waals surface area contributed by atoms with Crippen LogP contribution in [0.3, 0.4) is 0 Å². The summed E-state index contributed by atoms with van der Waals surface area (Å²) >= 11 is 0. The summed E-state index contributed by atoms with van der Waals surface area (Å²) < 4.78 is 40.7. The maximum atomic E-state index is 11.8. The van der Waals surface area contributed by atoms with Gasteiger partial charge in [0.05, 0.1) is 6.61 Å². The van der Waals surface area contributed by atoms with Crippen molar-refractivity contribution in [2.24, 2.45) is 0 Å². The Hall–Kier alpha value is -1.29. The van der Waals surface area contributed by atoms with Crippen molar-refractivity contribution >= 4 is 0 Å². The molecule has 1 nitrogen and oxygen atoms in total. The largest absolute Gasteiger partial charge is 0.409 e. The van der Waals surface area contributed by atoms with E-state index in [0.29, 0.717) is 26.1 Å². The van der Waals surface area contributed by atoms with Crippen molar-refractivity contribution in [1.82, 2.24) is 0 Å². The fourth-order valence-electron chi connectivity index (χ4n) is 1.45. The van der Waals surface area contributed by atoms with Crippen LogP contribution in [-0.4, -0.2) is 12.8 Å². The first kappa shape index (κ1) is 14.8. The molecular weight excluding hydrogens is 241 g/mol. The van der Waals surface area contributed by atoms with E-state index >= 15 is 0 Å². The van der Waals surface area contributed by atoms with E-state index in [1.165, 1.54) is 0 Å². The van der Waals surface area contributed by atoms with Crippen LogP contribution in [0.1, 0.15) is 24.8 Å². The van der Waals surface area contributed by atoms with Gasteiger partial charge in [-0.05, 0) is 24.8 Å². The van der Waals surface area contributed by atoms with Crippen molar-refractivity contribution in [1.29, 1.82) is 0 Å². The maximum Gasteiger partial charge on any atom is 0.409 e. The standard InChI is InChI=1S/C14H17F3O/c15-14(16,17)10-6-1-2-7-11-18-12-13-8-4-3-5-9-13/h3-6,8-10H,1-2,7,11-12H2/b10-6+. The van der Waals surface area contributed by atoms with Gasteiger partial charge in [0, 0.05) is 12.7 Å². The molecule has 1 aromatic carbocycles. The molecule has 0 aliphatic rings. The van der Waals surface area contributed by atoms with E-state index in [2.05, 4.69) is 0 Å². The zero-order chi connectivity index (χ0) is 13.3. The van der Waals surface area contributed by atoms with E-state index in [9.17, 15) is 13.2 Å². The summed E-state index contributed by atoms with van der Waals surface area (Å²) in [7, 11) is 0. The predicted molar refractivity (Wildman–Crippen MR) is 65.1 cm³/mol. The number of benzene rings is 1. The molecule has 1 rings (SSSR count). The molecule has 0 N–H and O–H groups in total. The van der Waals surface area contributed by atoms with Crippen LogP contribution in [0.2, 0.25) is 0 Å². The van der Waals surface area contributed by atoms with E-state index in [4.69, 9.17) is 4.74 Å². The molecule has 4 heteroatoms. The molecule has 0 saturated carbocycles. The number of rotatable bonds is 7. The van der Waals surface area contributed by atoms with E-state index in [1.807, 2.05) is 30.3 Å². The number of halogens is 3. The molecule has 0 aliphatic heterocycles. The Morgan fingerprint density at radius 3 is 2.44 bits per heavy atom. The molecule has 100 valence electrons. The first-order valence-electron chi connectivity index (χ1n) is 5.94. The molecule has 0 fully saturated rings. The highest BCUT2D eigenvalue weighted by atomic mass is 19.4. The van der Waals surface area contributed by atoms with Crippen LogP contribution in [0.25, 0.3) is 0 Å². The van der Waals surface area contributed by atoms with E-state index in [-0.39, 0.29) is 6.08 Å². The van der Waals surface area contributed by atoms with Gasteiger partial charge in [0.15, 0.2) is 0 Å². The lowest BCUT2D eigenvalue weighted by Gasteiger charge is -2.03. The van der Waals surface area contributed by atoms with Gasteiger partial charge in [-0.15, -0.1) is 0 Å². The van der Waals surface area contributed by atoms with Crippen molar-refractivity contribution < 1.29 is 17.9 Å². The minimum atomic E-state index is -4.19.